The average molecular weight is 301 g/mol. The number of carbonyl (C=O) groups excluding carboxylic acids is 1. The number of nitrogens with zero attached hydrogens (tertiary/aromatic N) is 2. The van der Waals surface area contributed by atoms with Crippen LogP contribution in [0.15, 0.2) is 22.9 Å². The van der Waals surface area contributed by atoms with Crippen molar-refractivity contribution in [1.82, 2.24) is 9.88 Å². The van der Waals surface area contributed by atoms with Gasteiger partial charge in [-0.05, 0) is 35.8 Å². The summed E-state index contributed by atoms with van der Waals surface area (Å²) in [6.45, 7) is 2.94. The van der Waals surface area contributed by atoms with E-state index < -0.39 is 11.5 Å². The highest BCUT2D eigenvalue weighted by Crippen LogP contribution is 2.17. The van der Waals surface area contributed by atoms with Crippen molar-refractivity contribution in [2.75, 3.05) is 7.05 Å². The van der Waals surface area contributed by atoms with E-state index in [1.807, 2.05) is 0 Å². The molecule has 0 unspecified atom stereocenters. The number of pyridine rings is 1. The molecule has 0 atom stereocenters. The van der Waals surface area contributed by atoms with Crippen molar-refractivity contribution in [3.05, 3.63) is 28.5 Å². The highest BCUT2D eigenvalue weighted by Gasteiger charge is 2.35. The van der Waals surface area contributed by atoms with Gasteiger partial charge in [-0.1, -0.05) is 0 Å². The van der Waals surface area contributed by atoms with Crippen LogP contribution in [0.2, 0.25) is 0 Å². The lowest BCUT2D eigenvalue weighted by molar-refractivity contribution is -0.147. The summed E-state index contributed by atoms with van der Waals surface area (Å²) in [7, 11) is 1.46. The molecule has 0 aliphatic rings. The van der Waals surface area contributed by atoms with E-state index in [0.717, 1.165) is 0 Å². The van der Waals surface area contributed by atoms with Crippen molar-refractivity contribution < 1.29 is 14.7 Å². The number of carbonyl (C=O) groups is 2. The van der Waals surface area contributed by atoms with E-state index in [1.165, 1.54) is 32.0 Å². The standard InChI is InChI=1S/C11H13BrN2O3/c1-11(2,10(16)17)14(3)9(15)7-4-8(12)6-13-5-7/h4-6H,1-3H3,(H,16,17). The van der Waals surface area contributed by atoms with Crippen LogP contribution in [0.3, 0.4) is 0 Å². The summed E-state index contributed by atoms with van der Waals surface area (Å²) in [5, 5.41) is 9.04. The Morgan fingerprint density at radius 3 is 2.47 bits per heavy atom. The molecule has 0 fully saturated rings. The van der Waals surface area contributed by atoms with Crippen LogP contribution in [0.5, 0.6) is 0 Å². The molecule has 17 heavy (non-hydrogen) atoms. The zero-order valence-corrected chi connectivity index (χ0v) is 11.4. The second kappa shape index (κ2) is 4.83. The van der Waals surface area contributed by atoms with Crippen LogP contribution in [-0.4, -0.2) is 39.5 Å². The number of aliphatic carboxylic acids is 1. The molecule has 1 N–H and O–H groups in total. The van der Waals surface area contributed by atoms with Crippen LogP contribution in [-0.2, 0) is 4.79 Å². The van der Waals surface area contributed by atoms with Gasteiger partial charge in [-0.3, -0.25) is 9.78 Å². The number of hydrogen-bond donors (Lipinski definition) is 1. The number of carboxylic acids is 1. The van der Waals surface area contributed by atoms with Crippen molar-refractivity contribution in [2.45, 2.75) is 19.4 Å². The Bertz CT molecular complexity index is 460. The third-order valence-electron chi connectivity index (χ3n) is 2.62. The minimum Gasteiger partial charge on any atom is -0.480 e. The Kier molecular flexibility index (Phi) is 3.87. The molecule has 92 valence electrons. The summed E-state index contributed by atoms with van der Waals surface area (Å²) in [5.41, 5.74) is -0.921. The number of amides is 1. The molecule has 1 amide bonds. The zero-order valence-electron chi connectivity index (χ0n) is 9.77. The fraction of sp³-hybridized carbons (Fsp3) is 0.364. The lowest BCUT2D eigenvalue weighted by Gasteiger charge is -2.31. The van der Waals surface area contributed by atoms with Gasteiger partial charge in [0.25, 0.3) is 5.91 Å². The number of halogens is 1. The summed E-state index contributed by atoms with van der Waals surface area (Å²) in [6, 6.07) is 1.60. The lowest BCUT2D eigenvalue weighted by Crippen LogP contribution is -2.50. The zero-order chi connectivity index (χ0) is 13.2. The molecule has 0 saturated heterocycles. The van der Waals surface area contributed by atoms with Crippen LogP contribution >= 0.6 is 15.9 Å². The normalized spacial score (nSPS) is 11.1. The third-order valence-corrected chi connectivity index (χ3v) is 3.05. The van der Waals surface area contributed by atoms with Crippen LogP contribution in [0, 0.1) is 0 Å². The number of hydrogen-bond acceptors (Lipinski definition) is 3. The highest BCUT2D eigenvalue weighted by molar-refractivity contribution is 9.10. The van der Waals surface area contributed by atoms with Crippen LogP contribution in [0.1, 0.15) is 24.2 Å². The SMILES string of the molecule is CN(C(=O)c1cncc(Br)c1)C(C)(C)C(=O)O. The lowest BCUT2D eigenvalue weighted by atomic mass is 10.0. The second-order valence-electron chi connectivity index (χ2n) is 4.12. The van der Waals surface area contributed by atoms with E-state index in [4.69, 9.17) is 5.11 Å². The summed E-state index contributed by atoms with van der Waals surface area (Å²) < 4.78 is 0.671. The van der Waals surface area contributed by atoms with Gasteiger partial charge in [0.1, 0.15) is 5.54 Å². The van der Waals surface area contributed by atoms with Gasteiger partial charge in [-0.25, -0.2) is 4.79 Å². The van der Waals surface area contributed by atoms with Crippen molar-refractivity contribution in [3.63, 3.8) is 0 Å². The summed E-state index contributed by atoms with van der Waals surface area (Å²) in [5.74, 6) is -1.44. The van der Waals surface area contributed by atoms with E-state index in [2.05, 4.69) is 20.9 Å². The maximum atomic E-state index is 12.0. The summed E-state index contributed by atoms with van der Waals surface area (Å²) in [4.78, 5) is 28.1. The Morgan fingerprint density at radius 1 is 1.41 bits per heavy atom. The minimum absolute atomic E-state index is 0.344. The van der Waals surface area contributed by atoms with E-state index in [9.17, 15) is 9.59 Å². The summed E-state index contributed by atoms with van der Waals surface area (Å²) in [6.07, 6.45) is 2.96. The monoisotopic (exact) mass is 300 g/mol. The van der Waals surface area contributed by atoms with E-state index in [0.29, 0.717) is 10.0 Å². The average Bonchev–Trinajstić information content (AvgIpc) is 2.26. The molecule has 0 saturated carbocycles. The van der Waals surface area contributed by atoms with Crippen molar-refractivity contribution in [1.29, 1.82) is 0 Å². The first kappa shape index (κ1) is 13.6. The number of rotatable bonds is 3. The molecule has 0 aromatic carbocycles. The molecule has 0 bridgehead atoms. The predicted molar refractivity (Wildman–Crippen MR) is 65.7 cm³/mol. The molecule has 0 aliphatic heterocycles. The number of carboxylic acid groups (broad SMARTS) is 1. The highest BCUT2D eigenvalue weighted by atomic mass is 79.9. The molecule has 0 radical (unpaired) electrons. The molecule has 6 heteroatoms. The van der Waals surface area contributed by atoms with E-state index in [1.54, 1.807) is 12.3 Å². The fourth-order valence-corrected chi connectivity index (χ4v) is 1.48. The quantitative estimate of drug-likeness (QED) is 0.924. The van der Waals surface area contributed by atoms with Gasteiger partial charge in [0, 0.05) is 23.9 Å². The summed E-state index contributed by atoms with van der Waals surface area (Å²) >= 11 is 3.21. The Hall–Kier alpha value is -1.43. The maximum Gasteiger partial charge on any atom is 0.329 e. The largest absolute Gasteiger partial charge is 0.480 e. The molecule has 1 aromatic heterocycles. The van der Waals surface area contributed by atoms with Crippen LogP contribution < -0.4 is 0 Å². The molecular weight excluding hydrogens is 288 g/mol. The molecule has 0 aliphatic carbocycles. The van der Waals surface area contributed by atoms with Gasteiger partial charge in [0.15, 0.2) is 0 Å². The van der Waals surface area contributed by atoms with Gasteiger partial charge >= 0.3 is 5.97 Å². The number of aromatic nitrogens is 1. The first-order valence-electron chi connectivity index (χ1n) is 4.89. The fourth-order valence-electron chi connectivity index (χ4n) is 1.12. The molecule has 1 rings (SSSR count). The predicted octanol–water partition coefficient (Wildman–Crippen LogP) is 1.78. The smallest absolute Gasteiger partial charge is 0.329 e. The third kappa shape index (κ3) is 2.82. The van der Waals surface area contributed by atoms with Gasteiger partial charge in [-0.15, -0.1) is 0 Å². The molecular formula is C11H13BrN2O3. The first-order chi connectivity index (χ1) is 7.76. The van der Waals surface area contributed by atoms with Crippen LogP contribution in [0.25, 0.3) is 0 Å². The Labute approximate surface area is 108 Å². The van der Waals surface area contributed by atoms with Crippen molar-refractivity contribution in [3.8, 4) is 0 Å². The molecule has 1 heterocycles. The van der Waals surface area contributed by atoms with E-state index in [-0.39, 0.29) is 5.91 Å². The van der Waals surface area contributed by atoms with Gasteiger partial charge < -0.3 is 10.0 Å². The van der Waals surface area contributed by atoms with Gasteiger partial charge in [0.05, 0.1) is 5.56 Å². The Balaban J connectivity index is 3.02. The second-order valence-corrected chi connectivity index (χ2v) is 5.04. The molecule has 1 aromatic rings. The number of likely N-dealkylation sites (N-methyl/N-ethyl adjacent to an activating group) is 1. The van der Waals surface area contributed by atoms with E-state index >= 15 is 0 Å². The first-order valence-corrected chi connectivity index (χ1v) is 5.68. The molecule has 0 spiro atoms. The maximum absolute atomic E-state index is 12.0. The van der Waals surface area contributed by atoms with Crippen molar-refractivity contribution in [2.24, 2.45) is 0 Å². The van der Waals surface area contributed by atoms with Gasteiger partial charge in [-0.2, -0.15) is 0 Å². The molecule has 5 nitrogen and oxygen atoms in total. The van der Waals surface area contributed by atoms with Gasteiger partial charge in [0.2, 0.25) is 0 Å². The topological polar surface area (TPSA) is 70.5 Å². The Morgan fingerprint density at radius 2 is 2.00 bits per heavy atom. The van der Waals surface area contributed by atoms with Crippen LogP contribution in [0.4, 0.5) is 0 Å². The van der Waals surface area contributed by atoms with Crippen molar-refractivity contribution >= 4 is 27.8 Å². The minimum atomic E-state index is -1.26.